The molecule has 0 amide bonds. The zero-order chi connectivity index (χ0) is 7.97. The molecule has 2 heterocycles. The van der Waals surface area contributed by atoms with Crippen LogP contribution in [0.5, 0.6) is 0 Å². The van der Waals surface area contributed by atoms with Crippen molar-refractivity contribution in [1.29, 1.82) is 0 Å². The van der Waals surface area contributed by atoms with Gasteiger partial charge in [0.2, 0.25) is 22.3 Å². The Kier molecular flexibility index (Phi) is 0.840. The third-order valence-electron chi connectivity index (χ3n) is 1.51. The maximum Gasteiger partial charge on any atom is 0.234 e. The molecule has 0 aliphatic heterocycles. The van der Waals surface area contributed by atoms with Gasteiger partial charge in [0, 0.05) is 12.1 Å². The quantitative estimate of drug-likeness (QED) is 0.482. The Morgan fingerprint density at radius 2 is 0.917 bits per heavy atom. The number of hydrogen-bond donors (Lipinski definition) is 0. The van der Waals surface area contributed by atoms with E-state index in [0.717, 1.165) is 0 Å². The number of rotatable bonds is 0. The van der Waals surface area contributed by atoms with Crippen LogP contribution in [0.1, 0.15) is 0 Å². The van der Waals surface area contributed by atoms with E-state index in [2.05, 4.69) is 27.8 Å². The fourth-order valence-corrected chi connectivity index (χ4v) is 0.964. The second-order valence-electron chi connectivity index (χ2n) is 2.22. The lowest BCUT2D eigenvalue weighted by molar-refractivity contribution is -0.144. The number of hydrogen-bond acceptors (Lipinski definition) is 6. The first-order chi connectivity index (χ1) is 5.93. The lowest BCUT2D eigenvalue weighted by atomic mass is 10.3. The van der Waals surface area contributed by atoms with E-state index in [1.165, 1.54) is 12.1 Å². The highest BCUT2D eigenvalue weighted by Crippen LogP contribution is 2.23. The van der Waals surface area contributed by atoms with Crippen molar-refractivity contribution in [3.63, 3.8) is 0 Å². The Hall–Kier alpha value is -1.98. The summed E-state index contributed by atoms with van der Waals surface area (Å²) in [7, 11) is 0. The normalized spacial score (nSPS) is 11.3. The van der Waals surface area contributed by atoms with Gasteiger partial charge in [0.25, 0.3) is 0 Å². The first-order valence-electron chi connectivity index (χ1n) is 3.14. The SMILES string of the molecule is c1c2oooc2cc2oooc12. The second-order valence-corrected chi connectivity index (χ2v) is 2.22. The molecule has 0 unspecified atom stereocenters. The minimum Gasteiger partial charge on any atom is -0.248 e. The van der Waals surface area contributed by atoms with Crippen LogP contribution in [-0.4, -0.2) is 0 Å². The van der Waals surface area contributed by atoms with Crippen molar-refractivity contribution in [2.75, 3.05) is 0 Å². The van der Waals surface area contributed by atoms with E-state index in [1.54, 1.807) is 0 Å². The van der Waals surface area contributed by atoms with E-state index in [9.17, 15) is 0 Å². The van der Waals surface area contributed by atoms with Gasteiger partial charge in [-0.05, 0) is 0 Å². The van der Waals surface area contributed by atoms with Crippen LogP contribution in [-0.2, 0) is 0 Å². The van der Waals surface area contributed by atoms with Gasteiger partial charge < -0.3 is 0 Å². The maximum atomic E-state index is 4.61. The number of fused-ring (bicyclic) bond motifs is 2. The van der Waals surface area contributed by atoms with Gasteiger partial charge in [-0.25, -0.2) is 18.3 Å². The molecule has 0 N–H and O–H groups in total. The molecule has 6 heteroatoms. The summed E-state index contributed by atoms with van der Waals surface area (Å²) in [5, 5.41) is 0. The molecule has 0 spiro atoms. The molecule has 3 aromatic rings. The van der Waals surface area contributed by atoms with E-state index in [0.29, 0.717) is 22.3 Å². The van der Waals surface area contributed by atoms with Crippen LogP contribution in [0.3, 0.4) is 0 Å². The molecule has 0 saturated carbocycles. The van der Waals surface area contributed by atoms with Crippen LogP contribution >= 0.6 is 0 Å². The summed E-state index contributed by atoms with van der Waals surface area (Å²) >= 11 is 0. The summed E-state index contributed by atoms with van der Waals surface area (Å²) < 4.78 is 26.9. The van der Waals surface area contributed by atoms with Gasteiger partial charge in [0.05, 0.1) is 0 Å². The van der Waals surface area contributed by atoms with Crippen LogP contribution < -0.4 is 0 Å². The Bertz CT molecular complexity index is 444. The minimum atomic E-state index is 0.419. The molecular formula is C6H2O6. The van der Waals surface area contributed by atoms with Gasteiger partial charge in [0.15, 0.2) is 0 Å². The van der Waals surface area contributed by atoms with E-state index < -0.39 is 0 Å². The van der Waals surface area contributed by atoms with Gasteiger partial charge in [-0.3, -0.25) is 0 Å². The average molecular weight is 170 g/mol. The van der Waals surface area contributed by atoms with Crippen molar-refractivity contribution in [2.24, 2.45) is 0 Å². The second kappa shape index (κ2) is 1.79. The third kappa shape index (κ3) is 0.584. The first kappa shape index (κ1) is 5.64. The summed E-state index contributed by atoms with van der Waals surface area (Å²) in [5.74, 6) is 0. The van der Waals surface area contributed by atoms with Crippen molar-refractivity contribution in [1.82, 2.24) is 0 Å². The maximum absolute atomic E-state index is 4.61. The van der Waals surface area contributed by atoms with Crippen LogP contribution in [0.25, 0.3) is 22.3 Å². The standard InChI is InChI=1S/C6H2O6/c1-3-5(9-11-7-3)2-6-4(1)8-12-10-6/h1-2H. The van der Waals surface area contributed by atoms with Gasteiger partial charge in [0.1, 0.15) is 0 Å². The van der Waals surface area contributed by atoms with Crippen molar-refractivity contribution >= 4 is 22.3 Å². The summed E-state index contributed by atoms with van der Waals surface area (Å²) in [6.45, 7) is 0. The minimum absolute atomic E-state index is 0.419. The molecular weight excluding hydrogens is 168 g/mol. The Balaban J connectivity index is 2.62. The van der Waals surface area contributed by atoms with Crippen molar-refractivity contribution < 1.29 is 27.8 Å². The molecule has 0 aliphatic carbocycles. The highest BCUT2D eigenvalue weighted by molar-refractivity contribution is 5.85. The third-order valence-corrected chi connectivity index (χ3v) is 1.51. The molecule has 0 bridgehead atoms. The van der Waals surface area contributed by atoms with Crippen LogP contribution in [0.4, 0.5) is 0 Å². The fraction of sp³-hybridized carbons (Fsp3) is 0. The highest BCUT2D eigenvalue weighted by Gasteiger charge is 2.10. The predicted molar refractivity (Wildman–Crippen MR) is 32.7 cm³/mol. The van der Waals surface area contributed by atoms with Crippen molar-refractivity contribution in [3.05, 3.63) is 12.1 Å². The van der Waals surface area contributed by atoms with Crippen molar-refractivity contribution in [2.45, 2.75) is 0 Å². The molecule has 0 saturated heterocycles. The van der Waals surface area contributed by atoms with E-state index >= 15 is 0 Å². The average Bonchev–Trinajstić information content (AvgIpc) is 2.64. The molecule has 62 valence electrons. The lowest BCUT2D eigenvalue weighted by Gasteiger charge is -1.76. The highest BCUT2D eigenvalue weighted by atomic mass is 17.2. The molecule has 0 aliphatic rings. The summed E-state index contributed by atoms with van der Waals surface area (Å²) in [5.41, 5.74) is 1.68. The molecule has 12 heavy (non-hydrogen) atoms. The molecule has 1 aromatic carbocycles. The topological polar surface area (TPSA) is 78.8 Å². The van der Waals surface area contributed by atoms with Crippen LogP contribution in [0.15, 0.2) is 39.9 Å². The largest absolute Gasteiger partial charge is 0.248 e. The summed E-state index contributed by atoms with van der Waals surface area (Å²) in [6, 6.07) is 3.06. The Morgan fingerprint density at radius 1 is 0.583 bits per heavy atom. The monoisotopic (exact) mass is 170 g/mol. The molecule has 6 nitrogen and oxygen atoms in total. The zero-order valence-electron chi connectivity index (χ0n) is 5.60. The fourth-order valence-electron chi connectivity index (χ4n) is 0.964. The van der Waals surface area contributed by atoms with Crippen LogP contribution in [0, 0.1) is 0 Å². The predicted octanol–water partition coefficient (Wildman–Crippen LogP) is 2.68. The Labute approximate surface area is 63.3 Å². The zero-order valence-corrected chi connectivity index (χ0v) is 5.60. The molecule has 0 radical (unpaired) electrons. The molecule has 0 fully saturated rings. The summed E-state index contributed by atoms with van der Waals surface area (Å²) in [4.78, 5) is 0. The van der Waals surface area contributed by atoms with E-state index in [4.69, 9.17) is 0 Å². The molecule has 2 aromatic heterocycles. The number of benzene rings is 1. The van der Waals surface area contributed by atoms with E-state index in [1.807, 2.05) is 0 Å². The Morgan fingerprint density at radius 3 is 1.25 bits per heavy atom. The summed E-state index contributed by atoms with van der Waals surface area (Å²) in [6.07, 6.45) is 0. The molecule has 3 rings (SSSR count). The van der Waals surface area contributed by atoms with Gasteiger partial charge in [-0.2, -0.15) is 0 Å². The van der Waals surface area contributed by atoms with E-state index in [-0.39, 0.29) is 0 Å². The lowest BCUT2D eigenvalue weighted by Crippen LogP contribution is -1.63. The first-order valence-corrected chi connectivity index (χ1v) is 3.14. The van der Waals surface area contributed by atoms with Gasteiger partial charge in [-0.1, -0.05) is 9.47 Å². The van der Waals surface area contributed by atoms with Crippen molar-refractivity contribution in [3.8, 4) is 0 Å². The van der Waals surface area contributed by atoms with Gasteiger partial charge >= 0.3 is 0 Å². The smallest absolute Gasteiger partial charge is 0.234 e. The van der Waals surface area contributed by atoms with Crippen LogP contribution in [0.2, 0.25) is 0 Å². The van der Waals surface area contributed by atoms with Gasteiger partial charge in [-0.15, -0.1) is 0 Å². The molecule has 0 atom stereocenters.